The highest BCUT2D eigenvalue weighted by molar-refractivity contribution is 8.16. The maximum Gasteiger partial charge on any atom is 0.338 e. The van der Waals surface area contributed by atoms with Gasteiger partial charge in [0.1, 0.15) is 12.4 Å². The van der Waals surface area contributed by atoms with Gasteiger partial charge in [0, 0.05) is 18.8 Å². The Morgan fingerprint density at radius 1 is 1.13 bits per heavy atom. The first-order valence-electron chi connectivity index (χ1n) is 12.7. The third-order valence-electron chi connectivity index (χ3n) is 6.14. The number of rotatable bonds is 11. The fourth-order valence-electron chi connectivity index (χ4n) is 4.32. The minimum Gasteiger partial charge on any atom is -0.489 e. The Balaban J connectivity index is 1.62. The van der Waals surface area contributed by atoms with Gasteiger partial charge < -0.3 is 24.6 Å². The zero-order valence-electron chi connectivity index (χ0n) is 22.3. The molecule has 0 aromatic heterocycles. The lowest BCUT2D eigenvalue weighted by Gasteiger charge is -2.36. The fraction of sp³-hybridized carbons (Fsp3) is 0.345. The molecule has 0 bridgehead atoms. The Morgan fingerprint density at radius 2 is 1.92 bits per heavy atom. The van der Waals surface area contributed by atoms with E-state index in [1.54, 1.807) is 6.92 Å². The van der Waals surface area contributed by atoms with Gasteiger partial charge in [0.2, 0.25) is 5.91 Å². The van der Waals surface area contributed by atoms with Crippen LogP contribution in [0.1, 0.15) is 37.4 Å². The molecule has 200 valence electrons. The maximum atomic E-state index is 13.2. The summed E-state index contributed by atoms with van der Waals surface area (Å²) >= 11 is 1.45. The number of nitrogens with one attached hydrogen (secondary N) is 1. The van der Waals surface area contributed by atoms with E-state index in [0.29, 0.717) is 30.2 Å². The van der Waals surface area contributed by atoms with Crippen molar-refractivity contribution >= 4 is 28.8 Å². The number of hydrogen-bond acceptors (Lipinski definition) is 8. The van der Waals surface area contributed by atoms with E-state index < -0.39 is 12.0 Å². The molecule has 1 atom stereocenters. The van der Waals surface area contributed by atoms with Gasteiger partial charge in [0.05, 0.1) is 30.3 Å². The van der Waals surface area contributed by atoms with E-state index in [9.17, 15) is 9.59 Å². The molecule has 0 radical (unpaired) electrons. The van der Waals surface area contributed by atoms with Crippen LogP contribution in [0.5, 0.6) is 5.75 Å². The van der Waals surface area contributed by atoms with Crippen molar-refractivity contribution in [2.24, 2.45) is 4.99 Å². The molecule has 0 fully saturated rings. The molecule has 2 aliphatic rings. The fourth-order valence-corrected chi connectivity index (χ4v) is 5.28. The average molecular weight is 535 g/mol. The molecule has 4 rings (SSSR count). The number of hydrogen-bond donors (Lipinski definition) is 1. The van der Waals surface area contributed by atoms with Gasteiger partial charge in [-0.2, -0.15) is 0 Å². The summed E-state index contributed by atoms with van der Waals surface area (Å²) in [5, 5.41) is 5.64. The molecule has 2 aromatic rings. The number of carbonyl (C=O) groups is 2. The van der Waals surface area contributed by atoms with Crippen LogP contribution in [0.4, 0.5) is 0 Å². The van der Waals surface area contributed by atoms with E-state index in [0.717, 1.165) is 28.5 Å². The third-order valence-corrected chi connectivity index (χ3v) is 7.03. The predicted octanol–water partition coefficient (Wildman–Crippen LogP) is 4.47. The number of thioether (sulfide) groups is 1. The number of aliphatic imine (C=N–C) groups is 1. The molecule has 0 saturated heterocycles. The number of nitrogens with zero attached hydrogens (tertiary/aromatic N) is 3. The summed E-state index contributed by atoms with van der Waals surface area (Å²) in [5.74, 6) is 0.192. The van der Waals surface area contributed by atoms with E-state index in [2.05, 4.69) is 5.32 Å². The number of amides is 1. The van der Waals surface area contributed by atoms with Gasteiger partial charge in [-0.15, -0.1) is 0 Å². The molecular formula is C29H34N4O4S. The highest BCUT2D eigenvalue weighted by atomic mass is 32.2. The minimum absolute atomic E-state index is 0.0809. The van der Waals surface area contributed by atoms with Crippen molar-refractivity contribution in [2.45, 2.75) is 32.9 Å². The molecule has 8 nitrogen and oxygen atoms in total. The first kappa shape index (κ1) is 27.5. The summed E-state index contributed by atoms with van der Waals surface area (Å²) in [6, 6.07) is 17.2. The quantitative estimate of drug-likeness (QED) is 0.426. The van der Waals surface area contributed by atoms with Crippen LogP contribution >= 0.6 is 11.8 Å². The van der Waals surface area contributed by atoms with Crippen LogP contribution in [-0.2, 0) is 20.9 Å². The molecule has 2 aromatic carbocycles. The van der Waals surface area contributed by atoms with Gasteiger partial charge in [-0.05, 0) is 56.6 Å². The van der Waals surface area contributed by atoms with Crippen LogP contribution in [-0.4, -0.2) is 60.6 Å². The van der Waals surface area contributed by atoms with Crippen molar-refractivity contribution in [3.8, 4) is 5.75 Å². The number of ether oxygens (including phenoxy) is 2. The SMILES string of the molecule is CCOC(=O)C1=C(C)N=C2SC=C(CC(=O)NCCN(C)C)N2[C@H]1c1cccc(OCc2ccccc2)c1. The van der Waals surface area contributed by atoms with E-state index in [1.807, 2.05) is 90.8 Å². The first-order valence-corrected chi connectivity index (χ1v) is 13.5. The highest BCUT2D eigenvalue weighted by Gasteiger charge is 2.41. The van der Waals surface area contributed by atoms with Crippen LogP contribution in [0.2, 0.25) is 0 Å². The van der Waals surface area contributed by atoms with Gasteiger partial charge in [-0.1, -0.05) is 54.2 Å². The van der Waals surface area contributed by atoms with Gasteiger partial charge in [-0.25, -0.2) is 9.79 Å². The second-order valence-corrected chi connectivity index (χ2v) is 10.1. The molecular weight excluding hydrogens is 500 g/mol. The number of benzene rings is 2. The van der Waals surface area contributed by atoms with Crippen molar-refractivity contribution in [1.29, 1.82) is 0 Å². The Labute approximate surface area is 228 Å². The van der Waals surface area contributed by atoms with Crippen molar-refractivity contribution in [2.75, 3.05) is 33.8 Å². The second-order valence-electron chi connectivity index (χ2n) is 9.29. The highest BCUT2D eigenvalue weighted by Crippen LogP contribution is 2.45. The Hall–Kier alpha value is -3.56. The van der Waals surface area contributed by atoms with Crippen LogP contribution in [0, 0.1) is 0 Å². The lowest BCUT2D eigenvalue weighted by Crippen LogP contribution is -2.38. The molecule has 0 saturated carbocycles. The van der Waals surface area contributed by atoms with Crippen LogP contribution in [0.3, 0.4) is 0 Å². The Kier molecular flexibility index (Phi) is 9.25. The van der Waals surface area contributed by atoms with Gasteiger partial charge in [0.25, 0.3) is 0 Å². The van der Waals surface area contributed by atoms with E-state index >= 15 is 0 Å². The normalized spacial score (nSPS) is 16.7. The van der Waals surface area contributed by atoms with Crippen LogP contribution in [0.15, 0.2) is 82.0 Å². The molecule has 0 unspecified atom stereocenters. The van der Waals surface area contributed by atoms with Gasteiger partial charge in [-0.3, -0.25) is 4.79 Å². The molecule has 0 spiro atoms. The third kappa shape index (κ3) is 6.65. The Morgan fingerprint density at radius 3 is 2.66 bits per heavy atom. The Bertz CT molecular complexity index is 1260. The zero-order valence-corrected chi connectivity index (χ0v) is 23.1. The van der Waals surface area contributed by atoms with Crippen molar-refractivity contribution in [3.63, 3.8) is 0 Å². The molecule has 38 heavy (non-hydrogen) atoms. The second kappa shape index (κ2) is 12.8. The topological polar surface area (TPSA) is 83.5 Å². The molecule has 0 aliphatic carbocycles. The number of amidine groups is 1. The zero-order chi connectivity index (χ0) is 27.1. The molecule has 1 amide bonds. The lowest BCUT2D eigenvalue weighted by atomic mass is 9.93. The molecule has 1 N–H and O–H groups in total. The summed E-state index contributed by atoms with van der Waals surface area (Å²) in [5.41, 5.74) is 3.76. The number of likely N-dealkylation sites (N-methyl/N-ethyl adjacent to an activating group) is 1. The van der Waals surface area contributed by atoms with Gasteiger partial charge in [0.15, 0.2) is 5.17 Å². The van der Waals surface area contributed by atoms with Crippen molar-refractivity contribution in [1.82, 2.24) is 15.1 Å². The maximum absolute atomic E-state index is 13.2. The summed E-state index contributed by atoms with van der Waals surface area (Å²) in [7, 11) is 3.93. The standard InChI is InChI=1S/C29H34N4O4S/c1-5-36-28(35)26-20(2)31-29-33(23(19-38-29)17-25(34)30-14-15-32(3)4)27(26)22-12-9-13-24(16-22)37-18-21-10-7-6-8-11-21/h6-13,16,19,27H,5,14-15,17-18H2,1-4H3,(H,30,34)/t27-/m0/s1. The molecule has 9 heteroatoms. The number of esters is 1. The minimum atomic E-state index is -0.502. The number of carbonyl (C=O) groups excluding carboxylic acids is 2. The van der Waals surface area contributed by atoms with Crippen molar-refractivity contribution < 1.29 is 19.1 Å². The number of fused-ring (bicyclic) bond motifs is 1. The predicted molar refractivity (Wildman–Crippen MR) is 150 cm³/mol. The van der Waals surface area contributed by atoms with Gasteiger partial charge >= 0.3 is 5.97 Å². The summed E-state index contributed by atoms with van der Waals surface area (Å²) in [4.78, 5) is 34.7. The van der Waals surface area contributed by atoms with Crippen molar-refractivity contribution in [3.05, 3.63) is 88.1 Å². The summed E-state index contributed by atoms with van der Waals surface area (Å²) in [6.45, 7) is 5.61. The monoisotopic (exact) mass is 534 g/mol. The average Bonchev–Trinajstić information content (AvgIpc) is 3.29. The van der Waals surface area contributed by atoms with E-state index in [-0.39, 0.29) is 18.9 Å². The van der Waals surface area contributed by atoms with E-state index in [1.165, 1.54) is 11.8 Å². The molecule has 2 aliphatic heterocycles. The van der Waals surface area contributed by atoms with Crippen LogP contribution in [0.25, 0.3) is 0 Å². The molecule has 2 heterocycles. The summed E-state index contributed by atoms with van der Waals surface area (Å²) < 4.78 is 11.5. The van der Waals surface area contributed by atoms with E-state index in [4.69, 9.17) is 14.5 Å². The van der Waals surface area contributed by atoms with Crippen LogP contribution < -0.4 is 10.1 Å². The lowest BCUT2D eigenvalue weighted by molar-refractivity contribution is -0.139. The number of allylic oxidation sites excluding steroid dienone is 1. The first-order chi connectivity index (χ1) is 18.4. The smallest absolute Gasteiger partial charge is 0.338 e. The summed E-state index contributed by atoms with van der Waals surface area (Å²) in [6.07, 6.45) is 0.176. The largest absolute Gasteiger partial charge is 0.489 e.